The van der Waals surface area contributed by atoms with E-state index in [1.54, 1.807) is 25.6 Å². The molecule has 0 aliphatic heterocycles. The summed E-state index contributed by atoms with van der Waals surface area (Å²) in [6.45, 7) is 1.14. The number of methoxy groups -OCH3 is 1. The Bertz CT molecular complexity index is 194. The first-order chi connectivity index (χ1) is 5.43. The standard InChI is InChI=1S/C8H10NO2.Li/c1-10-5-6-11-8-3-2-4-9-7-8;/h3-4,7H,5-6H2,1H3;/q-1;+1. The molecule has 0 aliphatic carbocycles. The van der Waals surface area contributed by atoms with Crippen molar-refractivity contribution in [1.29, 1.82) is 0 Å². The second-order valence-electron chi connectivity index (χ2n) is 1.96. The fourth-order valence-electron chi connectivity index (χ4n) is 0.632. The Hall–Kier alpha value is -0.493. The van der Waals surface area contributed by atoms with Crippen LogP contribution in [-0.2, 0) is 4.74 Å². The third kappa shape index (κ3) is 4.40. The zero-order valence-corrected chi connectivity index (χ0v) is 7.41. The van der Waals surface area contributed by atoms with Crippen molar-refractivity contribution in [2.24, 2.45) is 0 Å². The number of pyridine rings is 1. The van der Waals surface area contributed by atoms with E-state index in [0.29, 0.717) is 13.2 Å². The summed E-state index contributed by atoms with van der Waals surface area (Å²) in [5.41, 5.74) is 0. The molecule has 0 spiro atoms. The van der Waals surface area contributed by atoms with E-state index in [1.807, 2.05) is 0 Å². The van der Waals surface area contributed by atoms with Crippen LogP contribution in [0, 0.1) is 6.07 Å². The van der Waals surface area contributed by atoms with E-state index in [4.69, 9.17) is 9.47 Å². The maximum absolute atomic E-state index is 5.23. The monoisotopic (exact) mass is 159 g/mol. The van der Waals surface area contributed by atoms with Gasteiger partial charge < -0.3 is 14.5 Å². The summed E-state index contributed by atoms with van der Waals surface area (Å²) in [6.07, 6.45) is 3.23. The Kier molecular flexibility index (Phi) is 6.88. The molecule has 0 unspecified atom stereocenters. The first-order valence-electron chi connectivity index (χ1n) is 3.36. The van der Waals surface area contributed by atoms with Gasteiger partial charge in [-0.05, 0) is 11.9 Å². The van der Waals surface area contributed by atoms with E-state index in [2.05, 4.69) is 11.1 Å². The summed E-state index contributed by atoms with van der Waals surface area (Å²) >= 11 is 0. The molecule has 0 amide bonds. The summed E-state index contributed by atoms with van der Waals surface area (Å²) in [6, 6.07) is 4.55. The zero-order valence-electron chi connectivity index (χ0n) is 7.41. The predicted octanol–water partition coefficient (Wildman–Crippen LogP) is -2.09. The Morgan fingerprint density at radius 1 is 1.50 bits per heavy atom. The topological polar surface area (TPSA) is 31.4 Å². The van der Waals surface area contributed by atoms with Crippen LogP contribution in [0.4, 0.5) is 0 Å². The Labute approximate surface area is 84.3 Å². The van der Waals surface area contributed by atoms with Crippen LogP contribution < -0.4 is 23.6 Å². The van der Waals surface area contributed by atoms with Gasteiger partial charge in [-0.1, -0.05) is 6.20 Å². The van der Waals surface area contributed by atoms with E-state index in [9.17, 15) is 0 Å². The minimum atomic E-state index is 0. The Morgan fingerprint density at radius 2 is 2.33 bits per heavy atom. The summed E-state index contributed by atoms with van der Waals surface area (Å²) < 4.78 is 10.0. The molecular weight excluding hydrogens is 149 g/mol. The first kappa shape index (κ1) is 11.5. The van der Waals surface area contributed by atoms with Gasteiger partial charge in [-0.25, -0.2) is 6.07 Å². The van der Waals surface area contributed by atoms with Crippen molar-refractivity contribution in [2.75, 3.05) is 20.3 Å². The van der Waals surface area contributed by atoms with Gasteiger partial charge >= 0.3 is 18.9 Å². The number of nitrogens with zero attached hydrogens (tertiary/aromatic N) is 1. The van der Waals surface area contributed by atoms with Crippen molar-refractivity contribution in [2.45, 2.75) is 0 Å². The third-order valence-electron chi connectivity index (χ3n) is 1.13. The predicted molar refractivity (Wildman–Crippen MR) is 40.4 cm³/mol. The molecule has 1 aromatic rings. The van der Waals surface area contributed by atoms with Crippen molar-refractivity contribution >= 4 is 0 Å². The summed E-state index contributed by atoms with van der Waals surface area (Å²) in [7, 11) is 1.64. The quantitative estimate of drug-likeness (QED) is 0.287. The van der Waals surface area contributed by atoms with E-state index >= 15 is 0 Å². The first-order valence-corrected chi connectivity index (χ1v) is 3.36. The molecule has 3 nitrogen and oxygen atoms in total. The number of hydrogen-bond donors (Lipinski definition) is 0. The maximum Gasteiger partial charge on any atom is 1.00 e. The van der Waals surface area contributed by atoms with Gasteiger partial charge in [0.25, 0.3) is 0 Å². The second-order valence-corrected chi connectivity index (χ2v) is 1.96. The van der Waals surface area contributed by atoms with Crippen LogP contribution in [0.3, 0.4) is 0 Å². The van der Waals surface area contributed by atoms with Gasteiger partial charge in [0.15, 0.2) is 0 Å². The summed E-state index contributed by atoms with van der Waals surface area (Å²) in [5.74, 6) is 0.726. The van der Waals surface area contributed by atoms with Crippen molar-refractivity contribution < 1.29 is 28.3 Å². The van der Waals surface area contributed by atoms with E-state index in [0.717, 1.165) is 5.75 Å². The molecule has 1 aromatic heterocycles. The van der Waals surface area contributed by atoms with Crippen LogP contribution >= 0.6 is 0 Å². The molecule has 0 bridgehead atoms. The van der Waals surface area contributed by atoms with Gasteiger partial charge in [0.05, 0.1) is 13.2 Å². The van der Waals surface area contributed by atoms with Crippen LogP contribution in [0.15, 0.2) is 18.5 Å². The van der Waals surface area contributed by atoms with Crippen LogP contribution in [0.1, 0.15) is 0 Å². The van der Waals surface area contributed by atoms with Gasteiger partial charge in [0, 0.05) is 7.11 Å². The normalized spacial score (nSPS) is 8.75. The minimum absolute atomic E-state index is 0. The second kappa shape index (κ2) is 7.17. The number of aromatic nitrogens is 1. The summed E-state index contributed by atoms with van der Waals surface area (Å²) in [5, 5.41) is 0. The maximum atomic E-state index is 5.23. The molecule has 0 fully saturated rings. The van der Waals surface area contributed by atoms with Gasteiger partial charge in [-0.2, -0.15) is 6.07 Å². The van der Waals surface area contributed by atoms with Gasteiger partial charge in [0.1, 0.15) is 0 Å². The van der Waals surface area contributed by atoms with E-state index in [-0.39, 0.29) is 18.9 Å². The average molecular weight is 159 g/mol. The average Bonchev–Trinajstić information content (AvgIpc) is 2.07. The van der Waals surface area contributed by atoms with Crippen molar-refractivity contribution in [3.8, 4) is 5.75 Å². The molecule has 0 saturated carbocycles. The molecule has 0 radical (unpaired) electrons. The fourth-order valence-corrected chi connectivity index (χ4v) is 0.632. The molecular formula is C8H10LiNO2. The number of ether oxygens (including phenoxy) is 2. The molecule has 4 heteroatoms. The van der Waals surface area contributed by atoms with Gasteiger partial charge in [0.2, 0.25) is 0 Å². The third-order valence-corrected chi connectivity index (χ3v) is 1.13. The van der Waals surface area contributed by atoms with Gasteiger partial charge in [-0.15, -0.1) is 0 Å². The van der Waals surface area contributed by atoms with Crippen LogP contribution in [-0.4, -0.2) is 25.3 Å². The largest absolute Gasteiger partial charge is 1.00 e. The fraction of sp³-hybridized carbons (Fsp3) is 0.375. The van der Waals surface area contributed by atoms with E-state index < -0.39 is 0 Å². The SMILES string of the molecule is COCCOc1c[c-]cnc1.[Li+]. The van der Waals surface area contributed by atoms with Crippen molar-refractivity contribution in [3.63, 3.8) is 0 Å². The molecule has 12 heavy (non-hydrogen) atoms. The molecule has 1 rings (SSSR count). The van der Waals surface area contributed by atoms with Crippen LogP contribution in [0.5, 0.6) is 5.75 Å². The van der Waals surface area contributed by atoms with E-state index in [1.165, 1.54) is 0 Å². The number of hydrogen-bond acceptors (Lipinski definition) is 3. The minimum Gasteiger partial charge on any atom is -0.575 e. The Morgan fingerprint density at radius 3 is 2.92 bits per heavy atom. The molecule has 1 heterocycles. The zero-order chi connectivity index (χ0) is 7.94. The van der Waals surface area contributed by atoms with Crippen LogP contribution in [0.2, 0.25) is 0 Å². The smallest absolute Gasteiger partial charge is 0.575 e. The van der Waals surface area contributed by atoms with Gasteiger partial charge in [-0.3, -0.25) is 0 Å². The number of rotatable bonds is 4. The Balaban J connectivity index is 0.00000121. The van der Waals surface area contributed by atoms with Crippen molar-refractivity contribution in [1.82, 2.24) is 4.98 Å². The summed E-state index contributed by atoms with van der Waals surface area (Å²) in [4.78, 5) is 3.84. The molecule has 0 aliphatic rings. The van der Waals surface area contributed by atoms with Crippen molar-refractivity contribution in [3.05, 3.63) is 24.5 Å². The molecule has 0 saturated heterocycles. The molecule has 60 valence electrons. The molecule has 0 atom stereocenters. The molecule has 0 aromatic carbocycles. The molecule has 0 N–H and O–H groups in total. The van der Waals surface area contributed by atoms with Crippen LogP contribution in [0.25, 0.3) is 0 Å².